The van der Waals surface area contributed by atoms with Gasteiger partial charge in [-0.2, -0.15) is 0 Å². The minimum Gasteiger partial charge on any atom is -0.459 e. The third kappa shape index (κ3) is 3.39. The molecule has 3 rings (SSSR count). The quantitative estimate of drug-likeness (QED) is 0.741. The van der Waals surface area contributed by atoms with Gasteiger partial charge in [0.05, 0.1) is 12.4 Å². The van der Waals surface area contributed by atoms with Crippen molar-refractivity contribution in [1.82, 2.24) is 19.5 Å². The monoisotopic (exact) mass is 362 g/mol. The number of hydrogen-bond acceptors (Lipinski definition) is 8. The molecular weight excluding hydrogens is 340 g/mol. The Morgan fingerprint density at radius 1 is 1.23 bits per heavy atom. The third-order valence-electron chi connectivity index (χ3n) is 4.53. The number of nitrogens with zero attached hydrogens (tertiary/aromatic N) is 4. The van der Waals surface area contributed by atoms with Crippen molar-refractivity contribution in [3.05, 3.63) is 18.3 Å². The Hall–Kier alpha value is -2.55. The second kappa shape index (κ2) is 7.36. The van der Waals surface area contributed by atoms with Gasteiger partial charge in [-0.15, -0.1) is 0 Å². The molecule has 1 fully saturated rings. The molecule has 140 valence electrons. The van der Waals surface area contributed by atoms with E-state index >= 15 is 0 Å². The van der Waals surface area contributed by atoms with Gasteiger partial charge in [0.25, 0.3) is 0 Å². The Balaban J connectivity index is 1.97. The second-order valence-corrected chi connectivity index (χ2v) is 6.33. The number of rotatable bonds is 5. The lowest BCUT2D eigenvalue weighted by Gasteiger charge is -2.21. The van der Waals surface area contributed by atoms with E-state index in [1.54, 1.807) is 10.9 Å². The molecule has 0 bridgehead atoms. The highest BCUT2D eigenvalue weighted by molar-refractivity contribution is 5.73. The van der Waals surface area contributed by atoms with Gasteiger partial charge in [-0.25, -0.2) is 15.0 Å². The maximum absolute atomic E-state index is 11.5. The summed E-state index contributed by atoms with van der Waals surface area (Å²) in [6, 6.07) is 0. The first-order chi connectivity index (χ1) is 12.4. The zero-order chi connectivity index (χ0) is 18.8. The molecule has 1 aliphatic rings. The van der Waals surface area contributed by atoms with Crippen LogP contribution >= 0.6 is 0 Å². The minimum absolute atomic E-state index is 0.0122. The number of imidazole rings is 1. The summed E-state index contributed by atoms with van der Waals surface area (Å²) >= 11 is 0. The van der Waals surface area contributed by atoms with E-state index < -0.39 is 18.3 Å². The number of carbonyl (C=O) groups excluding carboxylic acids is 2. The van der Waals surface area contributed by atoms with Crippen molar-refractivity contribution in [1.29, 1.82) is 0 Å². The van der Waals surface area contributed by atoms with Crippen molar-refractivity contribution >= 4 is 23.1 Å². The SMILES string of the molecule is CC[C@H]1O[C@@H](n2cnc3c(COC(C)=O)ncnc32)[C@H](OC(C)=O)[C@@H]1C. The molecule has 0 aliphatic carbocycles. The number of hydrogen-bond donors (Lipinski definition) is 0. The van der Waals surface area contributed by atoms with E-state index in [0.29, 0.717) is 16.9 Å². The summed E-state index contributed by atoms with van der Waals surface area (Å²) < 4.78 is 18.4. The average Bonchev–Trinajstić information content (AvgIpc) is 3.15. The van der Waals surface area contributed by atoms with Gasteiger partial charge in [-0.05, 0) is 6.42 Å². The van der Waals surface area contributed by atoms with E-state index in [-0.39, 0.29) is 24.6 Å². The first kappa shape index (κ1) is 18.2. The van der Waals surface area contributed by atoms with Gasteiger partial charge in [-0.1, -0.05) is 13.8 Å². The summed E-state index contributed by atoms with van der Waals surface area (Å²) in [5.41, 5.74) is 1.56. The summed E-state index contributed by atoms with van der Waals surface area (Å²) in [5.74, 6) is -0.722. The van der Waals surface area contributed by atoms with Crippen LogP contribution in [0.5, 0.6) is 0 Å². The molecule has 0 spiro atoms. The van der Waals surface area contributed by atoms with Gasteiger partial charge < -0.3 is 14.2 Å². The molecule has 0 unspecified atom stereocenters. The molecule has 0 N–H and O–H groups in total. The molecule has 9 heteroatoms. The van der Waals surface area contributed by atoms with Gasteiger partial charge in [0.1, 0.15) is 24.1 Å². The van der Waals surface area contributed by atoms with Crippen LogP contribution in [-0.2, 0) is 30.4 Å². The first-order valence-electron chi connectivity index (χ1n) is 8.54. The van der Waals surface area contributed by atoms with Crippen molar-refractivity contribution in [2.45, 2.75) is 59.2 Å². The van der Waals surface area contributed by atoms with Crippen LogP contribution in [0, 0.1) is 5.92 Å². The minimum atomic E-state index is -0.527. The fourth-order valence-electron chi connectivity index (χ4n) is 3.26. The number of fused-ring (bicyclic) bond motifs is 1. The van der Waals surface area contributed by atoms with Crippen LogP contribution in [-0.4, -0.2) is 43.7 Å². The highest BCUT2D eigenvalue weighted by Gasteiger charge is 2.45. The molecule has 0 saturated carbocycles. The molecular formula is C17H22N4O5. The molecule has 9 nitrogen and oxygen atoms in total. The zero-order valence-corrected chi connectivity index (χ0v) is 15.2. The van der Waals surface area contributed by atoms with E-state index in [0.717, 1.165) is 6.42 Å². The Morgan fingerprint density at radius 2 is 2.00 bits per heavy atom. The van der Waals surface area contributed by atoms with Crippen LogP contribution in [0.1, 0.15) is 46.0 Å². The Kier molecular flexibility index (Phi) is 5.17. The fourth-order valence-corrected chi connectivity index (χ4v) is 3.26. The van der Waals surface area contributed by atoms with Crippen LogP contribution in [0.4, 0.5) is 0 Å². The predicted octanol–water partition coefficient (Wildman–Crippen LogP) is 1.76. The van der Waals surface area contributed by atoms with Gasteiger partial charge in [-0.3, -0.25) is 14.2 Å². The largest absolute Gasteiger partial charge is 0.459 e. The van der Waals surface area contributed by atoms with Gasteiger partial charge in [0.15, 0.2) is 18.0 Å². The van der Waals surface area contributed by atoms with Crippen LogP contribution < -0.4 is 0 Å². The van der Waals surface area contributed by atoms with Crippen LogP contribution in [0.2, 0.25) is 0 Å². The topological polar surface area (TPSA) is 105 Å². The molecule has 2 aromatic rings. The lowest BCUT2D eigenvalue weighted by atomic mass is 9.98. The van der Waals surface area contributed by atoms with Crippen molar-refractivity contribution < 1.29 is 23.8 Å². The smallest absolute Gasteiger partial charge is 0.303 e. The molecule has 2 aromatic heterocycles. The molecule has 1 saturated heterocycles. The Labute approximate surface area is 150 Å². The van der Waals surface area contributed by atoms with Gasteiger partial charge >= 0.3 is 11.9 Å². The lowest BCUT2D eigenvalue weighted by Crippen LogP contribution is -2.29. The lowest BCUT2D eigenvalue weighted by molar-refractivity contribution is -0.153. The maximum atomic E-state index is 11.5. The maximum Gasteiger partial charge on any atom is 0.303 e. The number of esters is 2. The van der Waals surface area contributed by atoms with Crippen LogP contribution in [0.3, 0.4) is 0 Å². The Bertz CT molecular complexity index is 821. The van der Waals surface area contributed by atoms with E-state index in [2.05, 4.69) is 15.0 Å². The normalized spacial score (nSPS) is 25.4. The summed E-state index contributed by atoms with van der Waals surface area (Å²) in [6.45, 7) is 6.76. The molecule has 1 aliphatic heterocycles. The van der Waals surface area contributed by atoms with Crippen molar-refractivity contribution in [2.24, 2.45) is 5.92 Å². The fraction of sp³-hybridized carbons (Fsp3) is 0.588. The zero-order valence-electron chi connectivity index (χ0n) is 15.2. The first-order valence-corrected chi connectivity index (χ1v) is 8.54. The molecule has 0 amide bonds. The molecule has 0 aromatic carbocycles. The summed E-state index contributed by atoms with van der Waals surface area (Å²) in [4.78, 5) is 35.4. The summed E-state index contributed by atoms with van der Waals surface area (Å²) in [7, 11) is 0. The summed E-state index contributed by atoms with van der Waals surface area (Å²) in [6.07, 6.45) is 2.76. The number of ether oxygens (including phenoxy) is 3. The Morgan fingerprint density at radius 3 is 2.65 bits per heavy atom. The van der Waals surface area contributed by atoms with E-state index in [4.69, 9.17) is 14.2 Å². The number of carbonyl (C=O) groups is 2. The molecule has 26 heavy (non-hydrogen) atoms. The van der Waals surface area contributed by atoms with E-state index in [1.807, 2.05) is 13.8 Å². The van der Waals surface area contributed by atoms with E-state index in [9.17, 15) is 9.59 Å². The standard InChI is InChI=1S/C17H22N4O5/c1-5-13-9(2)15(25-11(4)23)17(26-13)21-8-20-14-12(6-24-10(3)22)18-7-19-16(14)21/h7-9,13,15,17H,5-6H2,1-4H3/t9-,13-,15-,17-/m1/s1. The molecule has 3 heterocycles. The van der Waals surface area contributed by atoms with E-state index in [1.165, 1.54) is 20.2 Å². The van der Waals surface area contributed by atoms with Gasteiger partial charge in [0, 0.05) is 19.8 Å². The highest BCUT2D eigenvalue weighted by atomic mass is 16.6. The number of aromatic nitrogens is 4. The van der Waals surface area contributed by atoms with Crippen molar-refractivity contribution in [3.8, 4) is 0 Å². The molecule has 4 atom stereocenters. The van der Waals surface area contributed by atoms with Crippen molar-refractivity contribution in [2.75, 3.05) is 0 Å². The van der Waals surface area contributed by atoms with Crippen LogP contribution in [0.15, 0.2) is 12.7 Å². The van der Waals surface area contributed by atoms with Gasteiger partial charge in [0.2, 0.25) is 0 Å². The van der Waals surface area contributed by atoms with Crippen molar-refractivity contribution in [3.63, 3.8) is 0 Å². The third-order valence-corrected chi connectivity index (χ3v) is 4.53. The second-order valence-electron chi connectivity index (χ2n) is 6.33. The van der Waals surface area contributed by atoms with Crippen LogP contribution in [0.25, 0.3) is 11.2 Å². The highest BCUT2D eigenvalue weighted by Crippen LogP contribution is 2.38. The predicted molar refractivity (Wildman–Crippen MR) is 89.7 cm³/mol. The summed E-state index contributed by atoms with van der Waals surface area (Å²) in [5, 5.41) is 0. The molecule has 0 radical (unpaired) electrons. The average molecular weight is 362 g/mol.